The van der Waals surface area contributed by atoms with E-state index in [4.69, 9.17) is 5.11 Å². The van der Waals surface area contributed by atoms with Gasteiger partial charge in [0.25, 0.3) is 0 Å². The summed E-state index contributed by atoms with van der Waals surface area (Å²) in [7, 11) is 2.27. The first-order chi connectivity index (χ1) is 9.24. The number of rotatable bonds is 10. The summed E-state index contributed by atoms with van der Waals surface area (Å²) in [5, 5.41) is 12.6. The second-order valence-corrected chi connectivity index (χ2v) is 6.88. The fourth-order valence-corrected chi connectivity index (χ4v) is 3.49. The van der Waals surface area contributed by atoms with Crippen LogP contribution in [0, 0.1) is 5.41 Å². The van der Waals surface area contributed by atoms with Gasteiger partial charge in [-0.15, -0.1) is 0 Å². The summed E-state index contributed by atoms with van der Waals surface area (Å²) in [6, 6.07) is 0.840. The predicted molar refractivity (Wildman–Crippen MR) is 80.4 cm³/mol. The van der Waals surface area contributed by atoms with Gasteiger partial charge in [-0.3, -0.25) is 0 Å². The molecular formula is C16H32N2O. The molecule has 2 saturated carbocycles. The Bertz CT molecular complexity index is 247. The maximum absolute atomic E-state index is 8.81. The topological polar surface area (TPSA) is 35.5 Å². The van der Waals surface area contributed by atoms with E-state index in [1.165, 1.54) is 64.6 Å². The van der Waals surface area contributed by atoms with Crippen LogP contribution in [0.1, 0.15) is 57.8 Å². The molecule has 0 atom stereocenters. The van der Waals surface area contributed by atoms with Crippen molar-refractivity contribution in [2.24, 2.45) is 5.41 Å². The molecule has 0 bridgehead atoms. The Morgan fingerprint density at radius 3 is 2.53 bits per heavy atom. The van der Waals surface area contributed by atoms with Crippen molar-refractivity contribution >= 4 is 0 Å². The quantitative estimate of drug-likeness (QED) is 0.597. The van der Waals surface area contributed by atoms with Crippen LogP contribution in [-0.2, 0) is 0 Å². The third-order valence-corrected chi connectivity index (χ3v) is 4.81. The van der Waals surface area contributed by atoms with Crippen molar-refractivity contribution in [3.05, 3.63) is 0 Å². The van der Waals surface area contributed by atoms with Gasteiger partial charge in [-0.1, -0.05) is 12.8 Å². The monoisotopic (exact) mass is 268 g/mol. The Balaban J connectivity index is 1.68. The molecule has 2 aliphatic carbocycles. The SMILES string of the molecule is CN(CCCCCO)CC1(CNC2CC2)CCCC1. The molecular weight excluding hydrogens is 236 g/mol. The summed E-state index contributed by atoms with van der Waals surface area (Å²) < 4.78 is 0. The largest absolute Gasteiger partial charge is 0.396 e. The van der Waals surface area contributed by atoms with Gasteiger partial charge < -0.3 is 15.3 Å². The minimum atomic E-state index is 0.346. The standard InChI is InChI=1S/C16H32N2O/c1-18(11-5-2-6-12-19)14-16(9-3-4-10-16)13-17-15-7-8-15/h15,17,19H,2-14H2,1H3. The van der Waals surface area contributed by atoms with Crippen LogP contribution in [0.15, 0.2) is 0 Å². The van der Waals surface area contributed by atoms with E-state index in [0.717, 1.165) is 18.9 Å². The molecule has 0 saturated heterocycles. The maximum Gasteiger partial charge on any atom is 0.0431 e. The Hall–Kier alpha value is -0.120. The second-order valence-electron chi connectivity index (χ2n) is 6.88. The van der Waals surface area contributed by atoms with E-state index in [1.54, 1.807) is 0 Å². The third kappa shape index (κ3) is 5.41. The average Bonchev–Trinajstić information content (AvgIpc) is 3.13. The fourth-order valence-electron chi connectivity index (χ4n) is 3.49. The lowest BCUT2D eigenvalue weighted by molar-refractivity contribution is 0.169. The summed E-state index contributed by atoms with van der Waals surface area (Å²) in [6.45, 7) is 4.02. The van der Waals surface area contributed by atoms with E-state index in [1.807, 2.05) is 0 Å². The molecule has 0 aromatic carbocycles. The van der Waals surface area contributed by atoms with Gasteiger partial charge in [-0.25, -0.2) is 0 Å². The highest BCUT2D eigenvalue weighted by Gasteiger charge is 2.36. The van der Waals surface area contributed by atoms with Gasteiger partial charge in [0, 0.05) is 25.7 Å². The molecule has 0 aliphatic heterocycles. The first kappa shape index (κ1) is 15.3. The highest BCUT2D eigenvalue weighted by Crippen LogP contribution is 2.39. The Morgan fingerprint density at radius 2 is 1.89 bits per heavy atom. The minimum Gasteiger partial charge on any atom is -0.396 e. The molecule has 2 rings (SSSR count). The Labute approximate surface area is 118 Å². The van der Waals surface area contributed by atoms with Gasteiger partial charge in [0.15, 0.2) is 0 Å². The van der Waals surface area contributed by atoms with Gasteiger partial charge in [-0.05, 0) is 64.0 Å². The summed E-state index contributed by atoms with van der Waals surface area (Å²) in [6.07, 6.45) is 11.8. The number of hydrogen-bond donors (Lipinski definition) is 2. The number of nitrogens with zero attached hydrogens (tertiary/aromatic N) is 1. The van der Waals surface area contributed by atoms with Crippen molar-refractivity contribution in [1.82, 2.24) is 10.2 Å². The molecule has 3 nitrogen and oxygen atoms in total. The number of hydrogen-bond acceptors (Lipinski definition) is 3. The summed E-state index contributed by atoms with van der Waals surface area (Å²) in [5.41, 5.74) is 0.550. The van der Waals surface area contributed by atoms with Crippen LogP contribution in [0.2, 0.25) is 0 Å². The molecule has 2 fully saturated rings. The normalized spacial score (nSPS) is 22.3. The van der Waals surface area contributed by atoms with E-state index in [-0.39, 0.29) is 0 Å². The van der Waals surface area contributed by atoms with Crippen LogP contribution in [0.5, 0.6) is 0 Å². The Morgan fingerprint density at radius 1 is 1.16 bits per heavy atom. The smallest absolute Gasteiger partial charge is 0.0431 e. The lowest BCUT2D eigenvalue weighted by Gasteiger charge is -2.34. The number of aliphatic hydroxyl groups is 1. The molecule has 0 unspecified atom stereocenters. The molecule has 0 aromatic heterocycles. The molecule has 0 amide bonds. The molecule has 0 radical (unpaired) electrons. The molecule has 0 spiro atoms. The summed E-state index contributed by atoms with van der Waals surface area (Å²) in [4.78, 5) is 2.53. The first-order valence-electron chi connectivity index (χ1n) is 8.27. The number of aliphatic hydroxyl groups excluding tert-OH is 1. The van der Waals surface area contributed by atoms with Crippen molar-refractivity contribution in [3.8, 4) is 0 Å². The van der Waals surface area contributed by atoms with Crippen LogP contribution >= 0.6 is 0 Å². The third-order valence-electron chi connectivity index (χ3n) is 4.81. The van der Waals surface area contributed by atoms with Crippen LogP contribution in [0.25, 0.3) is 0 Å². The zero-order chi connectivity index (χ0) is 13.6. The number of unbranched alkanes of at least 4 members (excludes halogenated alkanes) is 2. The van der Waals surface area contributed by atoms with E-state index in [2.05, 4.69) is 17.3 Å². The van der Waals surface area contributed by atoms with Gasteiger partial charge in [0.2, 0.25) is 0 Å². The molecule has 19 heavy (non-hydrogen) atoms. The summed E-state index contributed by atoms with van der Waals surface area (Å²) in [5.74, 6) is 0. The zero-order valence-electron chi connectivity index (χ0n) is 12.7. The highest BCUT2D eigenvalue weighted by atomic mass is 16.2. The molecule has 112 valence electrons. The minimum absolute atomic E-state index is 0.346. The van der Waals surface area contributed by atoms with Gasteiger partial charge in [0.05, 0.1) is 0 Å². The highest BCUT2D eigenvalue weighted by molar-refractivity contribution is 4.92. The van der Waals surface area contributed by atoms with Crippen molar-refractivity contribution in [2.75, 3.05) is 33.3 Å². The van der Waals surface area contributed by atoms with Crippen molar-refractivity contribution in [3.63, 3.8) is 0 Å². The molecule has 2 aliphatic rings. The van der Waals surface area contributed by atoms with E-state index in [0.29, 0.717) is 12.0 Å². The van der Waals surface area contributed by atoms with Crippen LogP contribution in [0.3, 0.4) is 0 Å². The van der Waals surface area contributed by atoms with E-state index in [9.17, 15) is 0 Å². The molecule has 2 N–H and O–H groups in total. The van der Waals surface area contributed by atoms with Gasteiger partial charge in [0.1, 0.15) is 0 Å². The first-order valence-corrected chi connectivity index (χ1v) is 8.27. The van der Waals surface area contributed by atoms with Crippen molar-refractivity contribution in [2.45, 2.75) is 63.8 Å². The van der Waals surface area contributed by atoms with E-state index < -0.39 is 0 Å². The molecule has 0 aromatic rings. The predicted octanol–water partition coefficient (Wildman–Crippen LogP) is 2.39. The maximum atomic E-state index is 8.81. The zero-order valence-corrected chi connectivity index (χ0v) is 12.7. The average molecular weight is 268 g/mol. The lowest BCUT2D eigenvalue weighted by Crippen LogP contribution is -2.42. The van der Waals surface area contributed by atoms with Crippen molar-refractivity contribution in [1.29, 1.82) is 0 Å². The van der Waals surface area contributed by atoms with Crippen LogP contribution in [-0.4, -0.2) is 49.3 Å². The summed E-state index contributed by atoms with van der Waals surface area (Å²) >= 11 is 0. The molecule has 3 heteroatoms. The second kappa shape index (κ2) is 7.61. The van der Waals surface area contributed by atoms with E-state index >= 15 is 0 Å². The number of nitrogens with one attached hydrogen (secondary N) is 1. The fraction of sp³-hybridized carbons (Fsp3) is 1.00. The van der Waals surface area contributed by atoms with Gasteiger partial charge in [-0.2, -0.15) is 0 Å². The lowest BCUT2D eigenvalue weighted by atomic mass is 9.85. The van der Waals surface area contributed by atoms with Crippen LogP contribution < -0.4 is 5.32 Å². The van der Waals surface area contributed by atoms with Crippen LogP contribution in [0.4, 0.5) is 0 Å². The van der Waals surface area contributed by atoms with Crippen molar-refractivity contribution < 1.29 is 5.11 Å². The Kier molecular flexibility index (Phi) is 6.11. The van der Waals surface area contributed by atoms with Gasteiger partial charge >= 0.3 is 0 Å². The molecule has 0 heterocycles.